The predicted octanol–water partition coefficient (Wildman–Crippen LogP) is 3.19. The van der Waals surface area contributed by atoms with Crippen molar-refractivity contribution in [2.24, 2.45) is 0 Å². The van der Waals surface area contributed by atoms with E-state index in [-0.39, 0.29) is 5.69 Å². The molecule has 1 aliphatic carbocycles. The zero-order chi connectivity index (χ0) is 9.42. The number of nitrogens with one attached hydrogen (secondary N) is 1. The van der Waals surface area contributed by atoms with Gasteiger partial charge in [0.2, 0.25) is 0 Å². The van der Waals surface area contributed by atoms with E-state index in [0.29, 0.717) is 6.04 Å². The molecule has 0 amide bonds. The second-order valence-corrected chi connectivity index (χ2v) is 3.52. The lowest BCUT2D eigenvalue weighted by Gasteiger charge is -2.06. The maximum Gasteiger partial charge on any atom is 0.167 e. The number of anilines is 1. The van der Waals surface area contributed by atoms with Crippen molar-refractivity contribution in [3.8, 4) is 0 Å². The molecule has 1 fully saturated rings. The summed E-state index contributed by atoms with van der Waals surface area (Å²) in [5, 5.41) is 2.49. The van der Waals surface area contributed by atoms with Crippen molar-refractivity contribution in [3.05, 3.63) is 28.8 Å². The normalized spacial score (nSPS) is 15.9. The highest BCUT2D eigenvalue weighted by atomic mass is 35.5. The Kier molecular flexibility index (Phi) is 2.12. The topological polar surface area (TPSA) is 12.0 Å². The fourth-order valence-corrected chi connectivity index (χ4v) is 1.25. The third-order valence-electron chi connectivity index (χ3n) is 1.97. The maximum atomic E-state index is 13.2. The van der Waals surface area contributed by atoms with Gasteiger partial charge < -0.3 is 5.32 Å². The van der Waals surface area contributed by atoms with Crippen LogP contribution in [0.2, 0.25) is 5.02 Å². The monoisotopic (exact) mass is 203 g/mol. The average molecular weight is 204 g/mol. The number of benzene rings is 1. The Morgan fingerprint density at radius 3 is 2.62 bits per heavy atom. The van der Waals surface area contributed by atoms with Gasteiger partial charge in [-0.3, -0.25) is 0 Å². The lowest BCUT2D eigenvalue weighted by atomic mass is 10.3. The highest BCUT2D eigenvalue weighted by molar-refractivity contribution is 6.31. The molecular formula is C9H8ClF2N. The number of hydrogen-bond acceptors (Lipinski definition) is 1. The van der Waals surface area contributed by atoms with E-state index in [1.807, 2.05) is 0 Å². The van der Waals surface area contributed by atoms with Crippen molar-refractivity contribution < 1.29 is 8.78 Å². The molecule has 1 saturated carbocycles. The molecule has 0 aromatic heterocycles. The molecule has 0 aliphatic heterocycles. The smallest absolute Gasteiger partial charge is 0.167 e. The van der Waals surface area contributed by atoms with Crippen molar-refractivity contribution in [2.75, 3.05) is 5.32 Å². The molecule has 0 spiro atoms. The van der Waals surface area contributed by atoms with Gasteiger partial charge in [-0.1, -0.05) is 11.6 Å². The van der Waals surface area contributed by atoms with Gasteiger partial charge in [-0.15, -0.1) is 0 Å². The third kappa shape index (κ3) is 1.75. The summed E-state index contributed by atoms with van der Waals surface area (Å²) in [5.74, 6) is -1.42. The van der Waals surface area contributed by atoms with Gasteiger partial charge in [-0.05, 0) is 25.0 Å². The van der Waals surface area contributed by atoms with Gasteiger partial charge >= 0.3 is 0 Å². The molecule has 0 atom stereocenters. The fraction of sp³-hybridized carbons (Fsp3) is 0.333. The lowest BCUT2D eigenvalue weighted by molar-refractivity contribution is 0.586. The molecule has 0 saturated heterocycles. The first-order valence-electron chi connectivity index (χ1n) is 4.08. The van der Waals surface area contributed by atoms with E-state index in [2.05, 4.69) is 5.32 Å². The van der Waals surface area contributed by atoms with Crippen LogP contribution in [0.4, 0.5) is 14.5 Å². The standard InChI is InChI=1S/C9H8ClF2N/c10-8-6(11)3-4-7(9(8)12)13-5-1-2-5/h3-5,13H,1-2H2. The first-order chi connectivity index (χ1) is 6.18. The van der Waals surface area contributed by atoms with Crippen LogP contribution in [-0.4, -0.2) is 6.04 Å². The van der Waals surface area contributed by atoms with Crippen LogP contribution < -0.4 is 5.32 Å². The summed E-state index contributed by atoms with van der Waals surface area (Å²) in [4.78, 5) is 0. The molecule has 2 rings (SSSR count). The fourth-order valence-electron chi connectivity index (χ4n) is 1.08. The van der Waals surface area contributed by atoms with Gasteiger partial charge in [-0.25, -0.2) is 8.78 Å². The molecular weight excluding hydrogens is 196 g/mol. The highest BCUT2D eigenvalue weighted by Gasteiger charge is 2.23. The molecule has 1 aliphatic rings. The molecule has 0 heterocycles. The van der Waals surface area contributed by atoms with Crippen molar-refractivity contribution in [1.29, 1.82) is 0 Å². The van der Waals surface area contributed by atoms with Crippen LogP contribution in [0.25, 0.3) is 0 Å². The first kappa shape index (κ1) is 8.75. The zero-order valence-electron chi connectivity index (χ0n) is 6.78. The average Bonchev–Trinajstić information content (AvgIpc) is 2.90. The molecule has 70 valence electrons. The van der Waals surface area contributed by atoms with Gasteiger partial charge in [-0.2, -0.15) is 0 Å². The van der Waals surface area contributed by atoms with E-state index in [1.54, 1.807) is 0 Å². The van der Waals surface area contributed by atoms with Gasteiger partial charge in [0.15, 0.2) is 5.82 Å². The van der Waals surface area contributed by atoms with Crippen LogP contribution >= 0.6 is 11.6 Å². The molecule has 1 aromatic carbocycles. The van der Waals surface area contributed by atoms with Crippen LogP contribution in [0.1, 0.15) is 12.8 Å². The Morgan fingerprint density at radius 2 is 2.00 bits per heavy atom. The van der Waals surface area contributed by atoms with E-state index < -0.39 is 16.7 Å². The highest BCUT2D eigenvalue weighted by Crippen LogP contribution is 2.30. The summed E-state index contributed by atoms with van der Waals surface area (Å²) < 4.78 is 25.9. The summed E-state index contributed by atoms with van der Waals surface area (Å²) >= 11 is 5.40. The minimum absolute atomic E-state index is 0.286. The van der Waals surface area contributed by atoms with E-state index in [1.165, 1.54) is 6.07 Å². The zero-order valence-corrected chi connectivity index (χ0v) is 7.54. The molecule has 0 bridgehead atoms. The third-order valence-corrected chi connectivity index (χ3v) is 2.32. The molecule has 1 aromatic rings. The molecule has 0 radical (unpaired) electrons. The molecule has 1 nitrogen and oxygen atoms in total. The number of halogens is 3. The first-order valence-corrected chi connectivity index (χ1v) is 4.46. The van der Waals surface area contributed by atoms with Crippen LogP contribution in [0.15, 0.2) is 12.1 Å². The lowest BCUT2D eigenvalue weighted by Crippen LogP contribution is -2.03. The van der Waals surface area contributed by atoms with E-state index in [0.717, 1.165) is 18.9 Å². The second-order valence-electron chi connectivity index (χ2n) is 3.14. The summed E-state index contributed by atoms with van der Waals surface area (Å²) in [6, 6.07) is 2.86. The molecule has 13 heavy (non-hydrogen) atoms. The Balaban J connectivity index is 2.29. The van der Waals surface area contributed by atoms with Crippen LogP contribution in [0.5, 0.6) is 0 Å². The van der Waals surface area contributed by atoms with Crippen molar-refractivity contribution >= 4 is 17.3 Å². The molecule has 4 heteroatoms. The Bertz CT molecular complexity index is 337. The van der Waals surface area contributed by atoms with E-state index in [9.17, 15) is 8.78 Å². The number of rotatable bonds is 2. The van der Waals surface area contributed by atoms with Crippen molar-refractivity contribution in [3.63, 3.8) is 0 Å². The Morgan fingerprint density at radius 1 is 1.31 bits per heavy atom. The summed E-state index contributed by atoms with van der Waals surface area (Å²) in [7, 11) is 0. The van der Waals surface area contributed by atoms with Gasteiger partial charge in [0.1, 0.15) is 10.8 Å². The predicted molar refractivity (Wildman–Crippen MR) is 48.0 cm³/mol. The van der Waals surface area contributed by atoms with Gasteiger partial charge in [0.05, 0.1) is 5.69 Å². The van der Waals surface area contributed by atoms with Crippen LogP contribution in [0.3, 0.4) is 0 Å². The Labute approximate surface area is 79.7 Å². The van der Waals surface area contributed by atoms with Gasteiger partial charge in [0.25, 0.3) is 0 Å². The minimum atomic E-state index is -0.722. The summed E-state index contributed by atoms with van der Waals surface area (Å²) in [6.45, 7) is 0. The van der Waals surface area contributed by atoms with Crippen molar-refractivity contribution in [1.82, 2.24) is 0 Å². The summed E-state index contributed by atoms with van der Waals surface area (Å²) in [6.07, 6.45) is 2.07. The van der Waals surface area contributed by atoms with Crippen LogP contribution in [-0.2, 0) is 0 Å². The molecule has 0 unspecified atom stereocenters. The maximum absolute atomic E-state index is 13.2. The van der Waals surface area contributed by atoms with Gasteiger partial charge in [0, 0.05) is 6.04 Å². The minimum Gasteiger partial charge on any atom is -0.380 e. The number of hydrogen-bond donors (Lipinski definition) is 1. The van der Waals surface area contributed by atoms with E-state index in [4.69, 9.17) is 11.6 Å². The van der Waals surface area contributed by atoms with Crippen LogP contribution in [0, 0.1) is 11.6 Å². The quantitative estimate of drug-likeness (QED) is 0.728. The Hall–Kier alpha value is -0.830. The summed E-state index contributed by atoms with van der Waals surface area (Å²) in [5.41, 5.74) is 0.286. The molecule has 1 N–H and O–H groups in total. The van der Waals surface area contributed by atoms with E-state index >= 15 is 0 Å². The largest absolute Gasteiger partial charge is 0.380 e. The van der Waals surface area contributed by atoms with Crippen molar-refractivity contribution in [2.45, 2.75) is 18.9 Å². The SMILES string of the molecule is Fc1ccc(NC2CC2)c(F)c1Cl. The second kappa shape index (κ2) is 3.14.